The molecule has 6 heteroatoms. The van der Waals surface area contributed by atoms with Crippen molar-refractivity contribution in [3.63, 3.8) is 0 Å². The molecule has 3 rings (SSSR count). The summed E-state index contributed by atoms with van der Waals surface area (Å²) >= 11 is 0. The molecule has 20 heavy (non-hydrogen) atoms. The first-order valence-electron chi connectivity index (χ1n) is 6.62. The number of hydrogen-bond donors (Lipinski definition) is 1. The predicted octanol–water partition coefficient (Wildman–Crippen LogP) is 2.56. The Bertz CT molecular complexity index is 610. The van der Waals surface area contributed by atoms with Crippen LogP contribution in [0.2, 0.25) is 0 Å². The van der Waals surface area contributed by atoms with Gasteiger partial charge in [0.1, 0.15) is 0 Å². The van der Waals surface area contributed by atoms with Gasteiger partial charge in [-0.1, -0.05) is 5.16 Å². The van der Waals surface area contributed by atoms with Crippen molar-refractivity contribution in [3.05, 3.63) is 35.7 Å². The van der Waals surface area contributed by atoms with Crippen molar-refractivity contribution in [2.24, 2.45) is 5.92 Å². The molecule has 0 amide bonds. The number of halogens is 2. The third-order valence-corrected chi connectivity index (χ3v) is 3.60. The van der Waals surface area contributed by atoms with Gasteiger partial charge in [-0.2, -0.15) is 4.98 Å². The van der Waals surface area contributed by atoms with Crippen LogP contribution in [-0.2, 0) is 6.42 Å². The zero-order chi connectivity index (χ0) is 14.1. The number of benzene rings is 1. The van der Waals surface area contributed by atoms with E-state index in [4.69, 9.17) is 4.52 Å². The van der Waals surface area contributed by atoms with Crippen LogP contribution in [0.15, 0.2) is 22.7 Å². The highest BCUT2D eigenvalue weighted by molar-refractivity contribution is 5.54. The summed E-state index contributed by atoms with van der Waals surface area (Å²) in [6.07, 6.45) is 3.09. The normalized spacial score (nSPS) is 16.4. The molecule has 2 aromatic rings. The van der Waals surface area contributed by atoms with E-state index >= 15 is 0 Å². The Kier molecular flexibility index (Phi) is 3.48. The average Bonchev–Trinajstić information content (AvgIpc) is 3.18. The number of nitrogens with one attached hydrogen (secondary N) is 1. The summed E-state index contributed by atoms with van der Waals surface area (Å²) in [6, 6.07) is 3.89. The molecule has 1 aromatic heterocycles. The fraction of sp³-hybridized carbons (Fsp3) is 0.429. The molecular formula is C14H15F2N3O. The first-order valence-corrected chi connectivity index (χ1v) is 6.62. The highest BCUT2D eigenvalue weighted by Crippen LogP contribution is 2.33. The standard InChI is InChI=1S/C14H15F2N3O/c1-17-12(8-2-3-8)7-13-18-14(19-20-13)9-4-5-10(15)11(16)6-9/h4-6,8,12,17H,2-3,7H2,1H3. The van der Waals surface area contributed by atoms with Gasteiger partial charge in [-0.25, -0.2) is 8.78 Å². The van der Waals surface area contributed by atoms with E-state index in [1.165, 1.54) is 18.9 Å². The van der Waals surface area contributed by atoms with E-state index in [1.807, 2.05) is 7.05 Å². The molecule has 1 aromatic carbocycles. The second-order valence-corrected chi connectivity index (χ2v) is 5.08. The fourth-order valence-electron chi connectivity index (χ4n) is 2.28. The maximum atomic E-state index is 13.2. The minimum absolute atomic E-state index is 0.282. The molecule has 1 aliphatic rings. The molecule has 1 saturated carbocycles. The van der Waals surface area contributed by atoms with Crippen molar-refractivity contribution in [2.75, 3.05) is 7.05 Å². The van der Waals surface area contributed by atoms with Crippen LogP contribution in [-0.4, -0.2) is 23.2 Å². The van der Waals surface area contributed by atoms with Gasteiger partial charge in [-0.3, -0.25) is 0 Å². The number of hydrogen-bond acceptors (Lipinski definition) is 4. The minimum Gasteiger partial charge on any atom is -0.339 e. The maximum absolute atomic E-state index is 13.2. The summed E-state index contributed by atoms with van der Waals surface area (Å²) in [5, 5.41) is 7.06. The summed E-state index contributed by atoms with van der Waals surface area (Å²) in [6.45, 7) is 0. The number of nitrogens with zero attached hydrogens (tertiary/aromatic N) is 2. The van der Waals surface area contributed by atoms with Gasteiger partial charge in [0.15, 0.2) is 11.6 Å². The molecule has 1 N–H and O–H groups in total. The lowest BCUT2D eigenvalue weighted by Gasteiger charge is -2.11. The van der Waals surface area contributed by atoms with Crippen molar-refractivity contribution < 1.29 is 13.3 Å². The van der Waals surface area contributed by atoms with Gasteiger partial charge in [0, 0.05) is 18.0 Å². The molecule has 1 unspecified atom stereocenters. The molecule has 0 aliphatic heterocycles. The van der Waals surface area contributed by atoms with E-state index < -0.39 is 11.6 Å². The van der Waals surface area contributed by atoms with Crippen LogP contribution in [0.5, 0.6) is 0 Å². The van der Waals surface area contributed by atoms with E-state index in [-0.39, 0.29) is 5.82 Å². The Morgan fingerprint density at radius 1 is 1.35 bits per heavy atom. The zero-order valence-electron chi connectivity index (χ0n) is 11.1. The highest BCUT2D eigenvalue weighted by Gasteiger charge is 2.31. The zero-order valence-corrected chi connectivity index (χ0v) is 11.1. The lowest BCUT2D eigenvalue weighted by molar-refractivity contribution is 0.352. The Labute approximate surface area is 115 Å². The molecule has 106 valence electrons. The summed E-state index contributed by atoms with van der Waals surface area (Å²) < 4.78 is 31.2. The average molecular weight is 279 g/mol. The van der Waals surface area contributed by atoms with Gasteiger partial charge in [-0.15, -0.1) is 0 Å². The molecule has 0 saturated heterocycles. The second-order valence-electron chi connectivity index (χ2n) is 5.08. The summed E-state index contributed by atoms with van der Waals surface area (Å²) in [5.74, 6) is -0.347. The molecule has 1 fully saturated rings. The van der Waals surface area contributed by atoms with Crippen LogP contribution in [0, 0.1) is 17.6 Å². The predicted molar refractivity (Wildman–Crippen MR) is 68.9 cm³/mol. The van der Waals surface area contributed by atoms with Crippen LogP contribution in [0.25, 0.3) is 11.4 Å². The van der Waals surface area contributed by atoms with E-state index in [0.29, 0.717) is 29.8 Å². The van der Waals surface area contributed by atoms with Crippen molar-refractivity contribution in [1.29, 1.82) is 0 Å². The SMILES string of the molecule is CNC(Cc1nc(-c2ccc(F)c(F)c2)no1)C1CC1. The Morgan fingerprint density at radius 3 is 2.80 bits per heavy atom. The van der Waals surface area contributed by atoms with Gasteiger partial charge in [-0.05, 0) is 44.0 Å². The summed E-state index contributed by atoms with van der Waals surface area (Å²) in [4.78, 5) is 4.24. The molecule has 0 bridgehead atoms. The quantitative estimate of drug-likeness (QED) is 0.914. The third-order valence-electron chi connectivity index (χ3n) is 3.60. The monoisotopic (exact) mass is 279 g/mol. The van der Waals surface area contributed by atoms with Crippen molar-refractivity contribution in [1.82, 2.24) is 15.5 Å². The van der Waals surface area contributed by atoms with Crippen LogP contribution < -0.4 is 5.32 Å². The van der Waals surface area contributed by atoms with Gasteiger partial charge >= 0.3 is 0 Å². The van der Waals surface area contributed by atoms with Crippen molar-refractivity contribution in [2.45, 2.75) is 25.3 Å². The Balaban J connectivity index is 1.77. The smallest absolute Gasteiger partial charge is 0.228 e. The maximum Gasteiger partial charge on any atom is 0.228 e. The Morgan fingerprint density at radius 2 is 2.15 bits per heavy atom. The first kappa shape index (κ1) is 13.2. The number of rotatable bonds is 5. The van der Waals surface area contributed by atoms with Gasteiger partial charge in [0.25, 0.3) is 0 Å². The van der Waals surface area contributed by atoms with E-state index in [0.717, 1.165) is 12.1 Å². The number of aromatic nitrogens is 2. The summed E-state index contributed by atoms with van der Waals surface area (Å²) in [5.41, 5.74) is 0.409. The molecule has 1 atom stereocenters. The van der Waals surface area contributed by atoms with E-state index in [2.05, 4.69) is 15.5 Å². The van der Waals surface area contributed by atoms with E-state index in [1.54, 1.807) is 0 Å². The largest absolute Gasteiger partial charge is 0.339 e. The third kappa shape index (κ3) is 2.70. The van der Waals surface area contributed by atoms with Gasteiger partial charge < -0.3 is 9.84 Å². The Hall–Kier alpha value is -1.82. The molecule has 1 aliphatic carbocycles. The molecule has 0 radical (unpaired) electrons. The van der Waals surface area contributed by atoms with Gasteiger partial charge in [0.2, 0.25) is 11.7 Å². The first-order chi connectivity index (χ1) is 9.67. The second kappa shape index (κ2) is 5.28. The van der Waals surface area contributed by atoms with E-state index in [9.17, 15) is 8.78 Å². The summed E-state index contributed by atoms with van der Waals surface area (Å²) in [7, 11) is 1.91. The molecule has 0 spiro atoms. The van der Waals surface area contributed by atoms with Gasteiger partial charge in [0.05, 0.1) is 0 Å². The number of likely N-dealkylation sites (N-methyl/N-ethyl adjacent to an activating group) is 1. The minimum atomic E-state index is -0.917. The topological polar surface area (TPSA) is 51.0 Å². The molecule has 1 heterocycles. The van der Waals surface area contributed by atoms with Crippen LogP contribution in [0.1, 0.15) is 18.7 Å². The lowest BCUT2D eigenvalue weighted by atomic mass is 10.1. The van der Waals surface area contributed by atoms with Crippen LogP contribution in [0.3, 0.4) is 0 Å². The fourth-order valence-corrected chi connectivity index (χ4v) is 2.28. The van der Waals surface area contributed by atoms with Crippen LogP contribution in [0.4, 0.5) is 8.78 Å². The lowest BCUT2D eigenvalue weighted by Crippen LogP contribution is -2.29. The van der Waals surface area contributed by atoms with Crippen molar-refractivity contribution >= 4 is 0 Å². The van der Waals surface area contributed by atoms with Crippen molar-refractivity contribution in [3.8, 4) is 11.4 Å². The highest BCUT2D eigenvalue weighted by atomic mass is 19.2. The molecule has 4 nitrogen and oxygen atoms in total. The van der Waals surface area contributed by atoms with Crippen LogP contribution >= 0.6 is 0 Å². The molecular weight excluding hydrogens is 264 g/mol.